The van der Waals surface area contributed by atoms with Gasteiger partial charge in [-0.2, -0.15) is 0 Å². The van der Waals surface area contributed by atoms with E-state index in [1.54, 1.807) is 26.8 Å². The van der Waals surface area contributed by atoms with Crippen LogP contribution in [0.5, 0.6) is 0 Å². The topological polar surface area (TPSA) is 49.5 Å². The van der Waals surface area contributed by atoms with Gasteiger partial charge in [-0.1, -0.05) is 6.07 Å². The van der Waals surface area contributed by atoms with E-state index in [0.29, 0.717) is 12.1 Å². The Morgan fingerprint density at radius 1 is 1.47 bits per heavy atom. The summed E-state index contributed by atoms with van der Waals surface area (Å²) in [6.45, 7) is 5.60. The number of nitrogens with two attached hydrogens (primary N) is 1. The third-order valence-electron chi connectivity index (χ3n) is 2.52. The number of hydrogen-bond acceptors (Lipinski definition) is 3. The average Bonchev–Trinajstić information content (AvgIpc) is 2.13. The Morgan fingerprint density at radius 2 is 2.06 bits per heavy atom. The van der Waals surface area contributed by atoms with E-state index in [-0.39, 0.29) is 11.9 Å². The standard InChI is InChI=1S/C13H21FN2O/c1-9(15)12-10(14)6-5-7-11(12)16(4)8-13(2,3)17/h5-7,9,17H,8,15H2,1-4H3/t9-/m1/s1. The van der Waals surface area contributed by atoms with Crippen LogP contribution >= 0.6 is 0 Å². The van der Waals surface area contributed by atoms with Gasteiger partial charge in [0.25, 0.3) is 0 Å². The Morgan fingerprint density at radius 3 is 2.53 bits per heavy atom. The maximum atomic E-state index is 13.7. The fraction of sp³-hybridized carbons (Fsp3) is 0.538. The molecule has 0 aromatic heterocycles. The molecule has 1 atom stereocenters. The molecule has 0 bridgehead atoms. The number of rotatable bonds is 4. The van der Waals surface area contributed by atoms with E-state index in [0.717, 1.165) is 5.69 Å². The number of anilines is 1. The Balaban J connectivity index is 3.09. The largest absolute Gasteiger partial charge is 0.389 e. The molecule has 0 heterocycles. The lowest BCUT2D eigenvalue weighted by atomic mass is 10.0. The molecule has 1 rings (SSSR count). The van der Waals surface area contributed by atoms with Crippen molar-refractivity contribution in [2.24, 2.45) is 5.73 Å². The van der Waals surface area contributed by atoms with Crippen LogP contribution in [-0.2, 0) is 0 Å². The zero-order chi connectivity index (χ0) is 13.2. The van der Waals surface area contributed by atoms with Crippen molar-refractivity contribution in [2.45, 2.75) is 32.4 Å². The van der Waals surface area contributed by atoms with Gasteiger partial charge in [0.15, 0.2) is 0 Å². The molecule has 0 amide bonds. The second-order valence-corrected chi connectivity index (χ2v) is 5.13. The second kappa shape index (κ2) is 5.02. The van der Waals surface area contributed by atoms with Crippen molar-refractivity contribution < 1.29 is 9.50 Å². The summed E-state index contributed by atoms with van der Waals surface area (Å²) in [5.41, 5.74) is 6.16. The number of aliphatic hydroxyl groups is 1. The summed E-state index contributed by atoms with van der Waals surface area (Å²) in [7, 11) is 1.82. The molecule has 0 unspecified atom stereocenters. The van der Waals surface area contributed by atoms with E-state index in [4.69, 9.17) is 5.73 Å². The number of hydrogen-bond donors (Lipinski definition) is 2. The number of likely N-dealkylation sites (N-methyl/N-ethyl adjacent to an activating group) is 1. The first-order valence-corrected chi connectivity index (χ1v) is 5.70. The summed E-state index contributed by atoms with van der Waals surface area (Å²) in [6.07, 6.45) is 0. The lowest BCUT2D eigenvalue weighted by molar-refractivity contribution is 0.0885. The van der Waals surface area contributed by atoms with Gasteiger partial charge in [-0.05, 0) is 32.9 Å². The van der Waals surface area contributed by atoms with Gasteiger partial charge in [0.2, 0.25) is 0 Å². The predicted molar refractivity (Wildman–Crippen MR) is 68.6 cm³/mol. The summed E-state index contributed by atoms with van der Waals surface area (Å²) < 4.78 is 13.7. The summed E-state index contributed by atoms with van der Waals surface area (Å²) in [6, 6.07) is 4.49. The van der Waals surface area contributed by atoms with E-state index in [9.17, 15) is 9.50 Å². The molecule has 17 heavy (non-hydrogen) atoms. The van der Waals surface area contributed by atoms with E-state index < -0.39 is 5.60 Å². The molecule has 0 aliphatic rings. The monoisotopic (exact) mass is 240 g/mol. The molecular formula is C13H21FN2O. The molecule has 1 aromatic rings. The van der Waals surface area contributed by atoms with E-state index in [2.05, 4.69) is 0 Å². The van der Waals surface area contributed by atoms with Crippen LogP contribution in [-0.4, -0.2) is 24.3 Å². The highest BCUT2D eigenvalue weighted by atomic mass is 19.1. The summed E-state index contributed by atoms with van der Waals surface area (Å²) >= 11 is 0. The Bertz CT molecular complexity index is 385. The predicted octanol–water partition coefficient (Wildman–Crippen LogP) is 2.05. The maximum Gasteiger partial charge on any atom is 0.130 e. The molecule has 0 saturated carbocycles. The summed E-state index contributed by atoms with van der Waals surface area (Å²) in [5.74, 6) is -0.305. The van der Waals surface area contributed by atoms with Gasteiger partial charge in [-0.25, -0.2) is 4.39 Å². The second-order valence-electron chi connectivity index (χ2n) is 5.13. The lowest BCUT2D eigenvalue weighted by Crippen LogP contribution is -2.37. The van der Waals surface area contributed by atoms with Crippen molar-refractivity contribution in [1.82, 2.24) is 0 Å². The molecule has 0 aliphatic carbocycles. The van der Waals surface area contributed by atoms with Crippen molar-refractivity contribution in [3.63, 3.8) is 0 Å². The van der Waals surface area contributed by atoms with Crippen LogP contribution in [0.2, 0.25) is 0 Å². The first kappa shape index (κ1) is 13.9. The van der Waals surface area contributed by atoms with Crippen molar-refractivity contribution in [1.29, 1.82) is 0 Å². The van der Waals surface area contributed by atoms with Gasteiger partial charge in [0.05, 0.1) is 5.60 Å². The minimum atomic E-state index is -0.837. The van der Waals surface area contributed by atoms with Crippen molar-refractivity contribution >= 4 is 5.69 Å². The quantitative estimate of drug-likeness (QED) is 0.847. The highest BCUT2D eigenvalue weighted by Gasteiger charge is 2.20. The molecule has 0 radical (unpaired) electrons. The Hall–Kier alpha value is -1.13. The van der Waals surface area contributed by atoms with Crippen LogP contribution in [0.25, 0.3) is 0 Å². The highest BCUT2D eigenvalue weighted by molar-refractivity contribution is 5.55. The van der Waals surface area contributed by atoms with E-state index in [1.807, 2.05) is 18.0 Å². The third-order valence-corrected chi connectivity index (χ3v) is 2.52. The number of benzene rings is 1. The van der Waals surface area contributed by atoms with Gasteiger partial charge in [0.1, 0.15) is 5.82 Å². The molecule has 0 fully saturated rings. The van der Waals surface area contributed by atoms with Gasteiger partial charge in [0, 0.05) is 30.9 Å². The molecule has 0 aliphatic heterocycles. The van der Waals surface area contributed by atoms with Crippen LogP contribution in [0.15, 0.2) is 18.2 Å². The minimum Gasteiger partial charge on any atom is -0.389 e. The fourth-order valence-corrected chi connectivity index (χ4v) is 1.97. The molecule has 0 spiro atoms. The molecule has 4 heteroatoms. The third kappa shape index (κ3) is 3.68. The van der Waals surface area contributed by atoms with Crippen molar-refractivity contribution in [3.8, 4) is 0 Å². The Kier molecular flexibility index (Phi) is 4.11. The maximum absolute atomic E-state index is 13.7. The van der Waals surface area contributed by atoms with Gasteiger partial charge in [-0.15, -0.1) is 0 Å². The summed E-state index contributed by atoms with van der Waals surface area (Å²) in [4.78, 5) is 1.82. The molecule has 1 aromatic carbocycles. The molecule has 96 valence electrons. The van der Waals surface area contributed by atoms with Crippen LogP contribution in [0.1, 0.15) is 32.4 Å². The average molecular weight is 240 g/mol. The lowest BCUT2D eigenvalue weighted by Gasteiger charge is -2.29. The normalized spacial score (nSPS) is 13.6. The molecule has 3 N–H and O–H groups in total. The first-order valence-electron chi connectivity index (χ1n) is 5.70. The number of nitrogens with zero attached hydrogens (tertiary/aromatic N) is 1. The molecule has 0 saturated heterocycles. The van der Waals surface area contributed by atoms with Gasteiger partial charge in [-0.3, -0.25) is 0 Å². The number of halogens is 1. The zero-order valence-electron chi connectivity index (χ0n) is 10.9. The Labute approximate surface area is 102 Å². The highest BCUT2D eigenvalue weighted by Crippen LogP contribution is 2.27. The summed E-state index contributed by atoms with van der Waals surface area (Å²) in [5, 5.41) is 9.78. The fourth-order valence-electron chi connectivity index (χ4n) is 1.97. The van der Waals surface area contributed by atoms with E-state index >= 15 is 0 Å². The van der Waals surface area contributed by atoms with Crippen LogP contribution < -0.4 is 10.6 Å². The minimum absolute atomic E-state index is 0.305. The molecular weight excluding hydrogens is 219 g/mol. The van der Waals surface area contributed by atoms with Crippen LogP contribution in [0.4, 0.5) is 10.1 Å². The van der Waals surface area contributed by atoms with Crippen molar-refractivity contribution in [3.05, 3.63) is 29.6 Å². The van der Waals surface area contributed by atoms with Crippen LogP contribution in [0.3, 0.4) is 0 Å². The molecule has 3 nitrogen and oxygen atoms in total. The van der Waals surface area contributed by atoms with E-state index in [1.165, 1.54) is 6.07 Å². The smallest absolute Gasteiger partial charge is 0.130 e. The zero-order valence-corrected chi connectivity index (χ0v) is 10.9. The van der Waals surface area contributed by atoms with Crippen molar-refractivity contribution in [2.75, 3.05) is 18.5 Å². The van der Waals surface area contributed by atoms with Crippen LogP contribution in [0, 0.1) is 5.82 Å². The first-order chi connectivity index (χ1) is 7.72. The van der Waals surface area contributed by atoms with Gasteiger partial charge < -0.3 is 15.7 Å². The van der Waals surface area contributed by atoms with Gasteiger partial charge >= 0.3 is 0 Å². The SMILES string of the molecule is C[C@@H](N)c1c(F)cccc1N(C)CC(C)(C)O.